The molecule has 1 aliphatic rings. The lowest BCUT2D eigenvalue weighted by atomic mass is 10.2. The molecule has 10 heteroatoms. The van der Waals surface area contributed by atoms with Crippen molar-refractivity contribution < 1.29 is 13.2 Å². The van der Waals surface area contributed by atoms with Crippen LogP contribution in [0.3, 0.4) is 0 Å². The number of piperazine rings is 1. The van der Waals surface area contributed by atoms with Crippen LogP contribution < -0.4 is 5.32 Å². The topological polar surface area (TPSA) is 69.7 Å². The van der Waals surface area contributed by atoms with Gasteiger partial charge in [-0.1, -0.05) is 46.9 Å². The molecule has 1 amide bonds. The van der Waals surface area contributed by atoms with Crippen molar-refractivity contribution in [3.8, 4) is 0 Å². The molecule has 1 N–H and O–H groups in total. The van der Waals surface area contributed by atoms with Crippen LogP contribution in [-0.2, 0) is 14.8 Å². The number of sulfonamides is 1. The Morgan fingerprint density at radius 2 is 1.66 bits per heavy atom. The minimum Gasteiger partial charge on any atom is -0.323 e. The third kappa shape index (κ3) is 5.05. The molecule has 3 rings (SSSR count). The molecule has 1 aliphatic heterocycles. The van der Waals surface area contributed by atoms with Crippen LogP contribution in [0.2, 0.25) is 15.1 Å². The van der Waals surface area contributed by atoms with Gasteiger partial charge in [0.05, 0.1) is 21.8 Å². The number of nitrogens with one attached hydrogen (secondary N) is 1. The highest BCUT2D eigenvalue weighted by Gasteiger charge is 2.32. The van der Waals surface area contributed by atoms with Gasteiger partial charge in [-0.05, 0) is 37.3 Å². The Hall–Kier alpha value is -1.35. The number of carbonyl (C=O) groups is 1. The highest BCUT2D eigenvalue weighted by molar-refractivity contribution is 7.89. The van der Waals surface area contributed by atoms with E-state index in [2.05, 4.69) is 5.32 Å². The van der Waals surface area contributed by atoms with Crippen molar-refractivity contribution in [2.24, 2.45) is 0 Å². The fourth-order valence-electron chi connectivity index (χ4n) is 3.12. The smallest absolute Gasteiger partial charge is 0.244 e. The summed E-state index contributed by atoms with van der Waals surface area (Å²) >= 11 is 18.0. The van der Waals surface area contributed by atoms with Gasteiger partial charge in [0.2, 0.25) is 15.9 Å². The molecule has 2 aromatic carbocycles. The average Bonchev–Trinajstić information content (AvgIpc) is 2.69. The second-order valence-electron chi connectivity index (χ2n) is 6.66. The predicted molar refractivity (Wildman–Crippen MR) is 116 cm³/mol. The number of hydrogen-bond acceptors (Lipinski definition) is 4. The van der Waals surface area contributed by atoms with Gasteiger partial charge in [0.25, 0.3) is 0 Å². The number of halogens is 3. The number of hydrogen-bond donors (Lipinski definition) is 1. The molecule has 1 saturated heterocycles. The summed E-state index contributed by atoms with van der Waals surface area (Å²) in [4.78, 5) is 14.6. The fourth-order valence-corrected chi connectivity index (χ4v) is 5.49. The summed E-state index contributed by atoms with van der Waals surface area (Å²) in [6.45, 7) is 3.16. The number of carbonyl (C=O) groups excluding carboxylic acids is 1. The zero-order valence-corrected chi connectivity index (χ0v) is 18.7. The van der Waals surface area contributed by atoms with Crippen molar-refractivity contribution >= 4 is 56.4 Å². The van der Waals surface area contributed by atoms with Gasteiger partial charge in [0.1, 0.15) is 4.90 Å². The second kappa shape index (κ2) is 9.20. The van der Waals surface area contributed by atoms with Crippen molar-refractivity contribution in [1.29, 1.82) is 0 Å². The molecule has 0 aromatic heterocycles. The van der Waals surface area contributed by atoms with Gasteiger partial charge in [0, 0.05) is 31.2 Å². The van der Waals surface area contributed by atoms with E-state index >= 15 is 0 Å². The normalized spacial score (nSPS) is 17.1. The molecule has 0 radical (unpaired) electrons. The number of amides is 1. The predicted octanol–water partition coefficient (Wildman–Crippen LogP) is 3.98. The molecule has 0 bridgehead atoms. The first kappa shape index (κ1) is 22.3. The molecule has 6 nitrogen and oxygen atoms in total. The zero-order valence-electron chi connectivity index (χ0n) is 15.6. The molecule has 1 fully saturated rings. The zero-order chi connectivity index (χ0) is 21.2. The quantitative estimate of drug-likeness (QED) is 0.709. The van der Waals surface area contributed by atoms with Gasteiger partial charge < -0.3 is 5.32 Å². The van der Waals surface area contributed by atoms with Crippen LogP contribution in [0.1, 0.15) is 6.92 Å². The van der Waals surface area contributed by atoms with Crippen molar-refractivity contribution in [1.82, 2.24) is 9.21 Å². The third-order valence-electron chi connectivity index (χ3n) is 4.84. The van der Waals surface area contributed by atoms with Crippen LogP contribution in [0.15, 0.2) is 47.4 Å². The van der Waals surface area contributed by atoms with Crippen LogP contribution in [0.5, 0.6) is 0 Å². The largest absolute Gasteiger partial charge is 0.323 e. The molecule has 0 spiro atoms. The van der Waals surface area contributed by atoms with Crippen molar-refractivity contribution in [2.45, 2.75) is 17.9 Å². The lowest BCUT2D eigenvalue weighted by Gasteiger charge is -2.36. The molecule has 156 valence electrons. The van der Waals surface area contributed by atoms with Crippen LogP contribution in [0, 0.1) is 0 Å². The first-order chi connectivity index (χ1) is 13.7. The molecular formula is C19H20Cl3N3O3S. The molecule has 2 aromatic rings. The first-order valence-electron chi connectivity index (χ1n) is 8.95. The molecule has 0 aliphatic carbocycles. The van der Waals surface area contributed by atoms with Crippen molar-refractivity contribution in [3.05, 3.63) is 57.5 Å². The summed E-state index contributed by atoms with van der Waals surface area (Å²) in [5.41, 5.74) is 0.479. The van der Waals surface area contributed by atoms with E-state index in [9.17, 15) is 13.2 Å². The number of benzene rings is 2. The Kier molecular flexibility index (Phi) is 7.09. The van der Waals surface area contributed by atoms with Crippen molar-refractivity contribution in [2.75, 3.05) is 31.5 Å². The molecular weight excluding hydrogens is 457 g/mol. The maximum absolute atomic E-state index is 12.8. The maximum atomic E-state index is 12.8. The van der Waals surface area contributed by atoms with Crippen LogP contribution in [-0.4, -0.2) is 55.8 Å². The van der Waals surface area contributed by atoms with Crippen LogP contribution >= 0.6 is 34.8 Å². The van der Waals surface area contributed by atoms with Gasteiger partial charge >= 0.3 is 0 Å². The maximum Gasteiger partial charge on any atom is 0.244 e. The van der Waals surface area contributed by atoms with E-state index in [0.717, 1.165) is 0 Å². The van der Waals surface area contributed by atoms with Gasteiger partial charge in [0.15, 0.2) is 0 Å². The summed E-state index contributed by atoms with van der Waals surface area (Å²) in [5, 5.41) is 3.82. The summed E-state index contributed by atoms with van der Waals surface area (Å²) in [6.07, 6.45) is 0. The Bertz CT molecular complexity index is 1010. The Balaban J connectivity index is 1.62. The lowest BCUT2D eigenvalue weighted by molar-refractivity contribution is -0.121. The highest BCUT2D eigenvalue weighted by atomic mass is 35.5. The Labute approximate surface area is 185 Å². The average molecular weight is 477 g/mol. The summed E-state index contributed by atoms with van der Waals surface area (Å²) in [5.74, 6) is -0.225. The monoisotopic (exact) mass is 475 g/mol. The lowest BCUT2D eigenvalue weighted by Crippen LogP contribution is -2.53. The Morgan fingerprint density at radius 1 is 1.00 bits per heavy atom. The summed E-state index contributed by atoms with van der Waals surface area (Å²) in [6, 6.07) is 10.8. The van der Waals surface area contributed by atoms with E-state index in [0.29, 0.717) is 28.8 Å². The number of nitrogens with zero attached hydrogens (tertiary/aromatic N) is 2. The fraction of sp³-hybridized carbons (Fsp3) is 0.316. The van der Waals surface area contributed by atoms with Gasteiger partial charge in [-0.25, -0.2) is 8.42 Å². The molecule has 1 heterocycles. The van der Waals surface area contributed by atoms with E-state index in [1.54, 1.807) is 43.3 Å². The highest BCUT2D eigenvalue weighted by Crippen LogP contribution is 2.27. The minimum atomic E-state index is -3.68. The summed E-state index contributed by atoms with van der Waals surface area (Å²) < 4.78 is 27.1. The molecule has 29 heavy (non-hydrogen) atoms. The molecule has 1 unspecified atom stereocenters. The van der Waals surface area contributed by atoms with E-state index in [-0.39, 0.29) is 28.9 Å². The molecule has 0 saturated carbocycles. The Morgan fingerprint density at radius 3 is 2.28 bits per heavy atom. The van der Waals surface area contributed by atoms with E-state index in [4.69, 9.17) is 34.8 Å². The SMILES string of the molecule is CC(C(=O)Nc1ccc(Cl)cc1Cl)N1CCN(S(=O)(=O)c2ccccc2Cl)CC1. The van der Waals surface area contributed by atoms with Crippen LogP contribution in [0.25, 0.3) is 0 Å². The molecule has 1 atom stereocenters. The second-order valence-corrected chi connectivity index (χ2v) is 9.82. The van der Waals surface area contributed by atoms with Crippen molar-refractivity contribution in [3.63, 3.8) is 0 Å². The van der Waals surface area contributed by atoms with E-state index < -0.39 is 16.1 Å². The summed E-state index contributed by atoms with van der Waals surface area (Å²) in [7, 11) is -3.68. The first-order valence-corrected chi connectivity index (χ1v) is 11.5. The van der Waals surface area contributed by atoms with Gasteiger partial charge in [-0.15, -0.1) is 0 Å². The van der Waals surface area contributed by atoms with Gasteiger partial charge in [-0.3, -0.25) is 9.69 Å². The van der Waals surface area contributed by atoms with Crippen LogP contribution in [0.4, 0.5) is 5.69 Å². The minimum absolute atomic E-state index is 0.0956. The van der Waals surface area contributed by atoms with E-state index in [1.165, 1.54) is 10.4 Å². The van der Waals surface area contributed by atoms with E-state index in [1.807, 2.05) is 4.90 Å². The number of rotatable bonds is 5. The number of anilines is 1. The van der Waals surface area contributed by atoms with Gasteiger partial charge in [-0.2, -0.15) is 4.31 Å². The standard InChI is InChI=1S/C19H20Cl3N3O3S/c1-13(19(26)23-17-7-6-14(20)12-16(17)22)24-8-10-25(11-9-24)29(27,28)18-5-3-2-4-15(18)21/h2-7,12-13H,8-11H2,1H3,(H,23,26). The third-order valence-corrected chi connectivity index (χ3v) is 7.79.